The highest BCUT2D eigenvalue weighted by Gasteiger charge is 2.48. The van der Waals surface area contributed by atoms with Crippen LogP contribution in [-0.4, -0.2) is 80.7 Å². The van der Waals surface area contributed by atoms with E-state index in [1.165, 1.54) is 12.1 Å². The van der Waals surface area contributed by atoms with Gasteiger partial charge in [0.2, 0.25) is 5.95 Å². The standard InChI is InChI=1S/C18H22N4O4S2/c23-27(24)13-16(17(14-27)28(25,26)15-5-2-1-3-6-15)21-9-11-22(12-10-21)18-19-7-4-8-20-18/h1-8,16-17H,9-14H2/t16-,17-/m0/s1. The first-order chi connectivity index (χ1) is 13.4. The van der Waals surface area contributed by atoms with E-state index in [2.05, 4.69) is 9.97 Å². The van der Waals surface area contributed by atoms with Crippen LogP contribution in [0.5, 0.6) is 0 Å². The van der Waals surface area contributed by atoms with Crippen LogP contribution in [-0.2, 0) is 19.7 Å². The molecule has 28 heavy (non-hydrogen) atoms. The molecular formula is C18H22N4O4S2. The zero-order chi connectivity index (χ0) is 19.8. The Bertz CT molecular complexity index is 1020. The summed E-state index contributed by atoms with van der Waals surface area (Å²) in [6, 6.07) is 9.33. The van der Waals surface area contributed by atoms with Crippen molar-refractivity contribution in [1.29, 1.82) is 0 Å². The van der Waals surface area contributed by atoms with Gasteiger partial charge in [-0.2, -0.15) is 0 Å². The summed E-state index contributed by atoms with van der Waals surface area (Å²) < 4.78 is 51.0. The number of rotatable bonds is 4. The van der Waals surface area contributed by atoms with E-state index in [4.69, 9.17) is 0 Å². The molecule has 150 valence electrons. The molecule has 0 unspecified atom stereocenters. The normalized spacial score (nSPS) is 25.6. The fourth-order valence-electron chi connectivity index (χ4n) is 3.93. The van der Waals surface area contributed by atoms with Gasteiger partial charge in [-0.25, -0.2) is 26.8 Å². The van der Waals surface area contributed by atoms with Gasteiger partial charge in [0, 0.05) is 44.6 Å². The van der Waals surface area contributed by atoms with Crippen LogP contribution in [0.1, 0.15) is 0 Å². The first kappa shape index (κ1) is 19.3. The Morgan fingerprint density at radius 2 is 1.54 bits per heavy atom. The molecule has 1 aromatic carbocycles. The Balaban J connectivity index is 1.55. The largest absolute Gasteiger partial charge is 0.338 e. The van der Waals surface area contributed by atoms with E-state index < -0.39 is 31.0 Å². The second-order valence-electron chi connectivity index (χ2n) is 7.11. The van der Waals surface area contributed by atoms with Crippen molar-refractivity contribution in [2.75, 3.05) is 42.6 Å². The predicted octanol–water partition coefficient (Wildman–Crippen LogP) is 0.238. The number of piperazine rings is 1. The molecule has 10 heteroatoms. The summed E-state index contributed by atoms with van der Waals surface area (Å²) in [6.45, 7) is 2.38. The van der Waals surface area contributed by atoms with E-state index in [9.17, 15) is 16.8 Å². The lowest BCUT2D eigenvalue weighted by Gasteiger charge is -2.39. The fraction of sp³-hybridized carbons (Fsp3) is 0.444. The molecule has 0 spiro atoms. The molecule has 8 nitrogen and oxygen atoms in total. The minimum atomic E-state index is -3.73. The van der Waals surface area contributed by atoms with E-state index in [1.807, 2.05) is 9.80 Å². The van der Waals surface area contributed by atoms with Crippen molar-refractivity contribution in [3.8, 4) is 0 Å². The molecule has 2 aromatic rings. The minimum Gasteiger partial charge on any atom is -0.338 e. The van der Waals surface area contributed by atoms with Gasteiger partial charge < -0.3 is 4.90 Å². The van der Waals surface area contributed by atoms with Crippen LogP contribution in [0.25, 0.3) is 0 Å². The van der Waals surface area contributed by atoms with Crippen molar-refractivity contribution in [1.82, 2.24) is 14.9 Å². The Morgan fingerprint density at radius 3 is 2.18 bits per heavy atom. The minimum absolute atomic E-state index is 0.119. The third-order valence-electron chi connectivity index (χ3n) is 5.36. The van der Waals surface area contributed by atoms with Crippen LogP contribution in [0, 0.1) is 0 Å². The van der Waals surface area contributed by atoms with Gasteiger partial charge in [-0.15, -0.1) is 0 Å². The summed E-state index contributed by atoms with van der Waals surface area (Å²) >= 11 is 0. The first-order valence-corrected chi connectivity index (χ1v) is 12.5. The topological polar surface area (TPSA) is 101 Å². The zero-order valence-electron chi connectivity index (χ0n) is 15.3. The van der Waals surface area contributed by atoms with Gasteiger partial charge in [0.05, 0.1) is 21.7 Å². The number of nitrogens with zero attached hydrogens (tertiary/aromatic N) is 4. The highest BCUT2D eigenvalue weighted by molar-refractivity contribution is 7.96. The average molecular weight is 423 g/mol. The molecule has 0 bridgehead atoms. The van der Waals surface area contributed by atoms with E-state index in [1.54, 1.807) is 36.7 Å². The van der Waals surface area contributed by atoms with Crippen LogP contribution in [0.2, 0.25) is 0 Å². The number of benzene rings is 1. The van der Waals surface area contributed by atoms with Crippen molar-refractivity contribution >= 4 is 25.6 Å². The maximum absolute atomic E-state index is 13.1. The molecule has 3 heterocycles. The molecule has 0 aliphatic carbocycles. The van der Waals surface area contributed by atoms with Crippen molar-refractivity contribution < 1.29 is 16.8 Å². The van der Waals surface area contributed by atoms with Gasteiger partial charge in [-0.1, -0.05) is 18.2 Å². The number of anilines is 1. The van der Waals surface area contributed by atoms with Crippen molar-refractivity contribution in [3.63, 3.8) is 0 Å². The molecular weight excluding hydrogens is 400 g/mol. The molecule has 0 radical (unpaired) electrons. The van der Waals surface area contributed by atoms with Crippen LogP contribution in [0.15, 0.2) is 53.7 Å². The number of aromatic nitrogens is 2. The highest BCUT2D eigenvalue weighted by atomic mass is 32.2. The van der Waals surface area contributed by atoms with E-state index >= 15 is 0 Å². The van der Waals surface area contributed by atoms with Crippen molar-refractivity contribution in [2.24, 2.45) is 0 Å². The molecule has 1 aromatic heterocycles. The van der Waals surface area contributed by atoms with Crippen LogP contribution in [0.4, 0.5) is 5.95 Å². The molecule has 0 amide bonds. The lowest BCUT2D eigenvalue weighted by Crippen LogP contribution is -2.55. The lowest BCUT2D eigenvalue weighted by molar-refractivity contribution is 0.201. The summed E-state index contributed by atoms with van der Waals surface area (Å²) in [6.07, 6.45) is 3.36. The van der Waals surface area contributed by atoms with Gasteiger partial charge >= 0.3 is 0 Å². The molecule has 2 aliphatic heterocycles. The Hall–Kier alpha value is -2.04. The van der Waals surface area contributed by atoms with E-state index in [-0.39, 0.29) is 16.4 Å². The molecule has 2 saturated heterocycles. The summed E-state index contributed by atoms with van der Waals surface area (Å²) in [5.74, 6) is 0.192. The van der Waals surface area contributed by atoms with Crippen LogP contribution >= 0.6 is 0 Å². The Kier molecular flexibility index (Phi) is 5.11. The summed E-state index contributed by atoms with van der Waals surface area (Å²) in [7, 11) is -7.14. The number of hydrogen-bond donors (Lipinski definition) is 0. The lowest BCUT2D eigenvalue weighted by atomic mass is 10.2. The summed E-state index contributed by atoms with van der Waals surface area (Å²) in [5.41, 5.74) is 0. The quantitative estimate of drug-likeness (QED) is 0.691. The predicted molar refractivity (Wildman–Crippen MR) is 106 cm³/mol. The fourth-order valence-corrected chi connectivity index (χ4v) is 8.78. The molecule has 0 saturated carbocycles. The van der Waals surface area contributed by atoms with Crippen LogP contribution in [0.3, 0.4) is 0 Å². The van der Waals surface area contributed by atoms with Gasteiger partial charge in [-0.05, 0) is 18.2 Å². The van der Waals surface area contributed by atoms with E-state index in [0.717, 1.165) is 0 Å². The smallest absolute Gasteiger partial charge is 0.225 e. The average Bonchev–Trinajstić information content (AvgIpc) is 3.06. The SMILES string of the molecule is O=S1(=O)C[C@H](N2CCN(c3ncccn3)CC2)[C@@H](S(=O)(=O)c2ccccc2)C1. The zero-order valence-corrected chi connectivity index (χ0v) is 16.9. The van der Waals surface area contributed by atoms with Gasteiger partial charge in [0.15, 0.2) is 19.7 Å². The second kappa shape index (κ2) is 7.41. The Labute approximate surface area is 165 Å². The van der Waals surface area contributed by atoms with E-state index in [0.29, 0.717) is 32.1 Å². The third kappa shape index (κ3) is 3.76. The molecule has 4 rings (SSSR count). The van der Waals surface area contributed by atoms with Crippen molar-refractivity contribution in [2.45, 2.75) is 16.2 Å². The first-order valence-electron chi connectivity index (χ1n) is 9.12. The van der Waals surface area contributed by atoms with Gasteiger partial charge in [-0.3, -0.25) is 4.90 Å². The maximum Gasteiger partial charge on any atom is 0.225 e. The molecule has 2 atom stereocenters. The van der Waals surface area contributed by atoms with Gasteiger partial charge in [0.1, 0.15) is 0 Å². The van der Waals surface area contributed by atoms with Gasteiger partial charge in [0.25, 0.3) is 0 Å². The number of hydrogen-bond acceptors (Lipinski definition) is 8. The molecule has 0 N–H and O–H groups in total. The van der Waals surface area contributed by atoms with Crippen molar-refractivity contribution in [3.05, 3.63) is 48.8 Å². The Morgan fingerprint density at radius 1 is 0.893 bits per heavy atom. The number of sulfone groups is 2. The monoisotopic (exact) mass is 422 g/mol. The second-order valence-corrected chi connectivity index (χ2v) is 11.4. The third-order valence-corrected chi connectivity index (χ3v) is 9.50. The summed E-state index contributed by atoms with van der Waals surface area (Å²) in [5, 5.41) is -0.945. The maximum atomic E-state index is 13.1. The molecule has 2 aliphatic rings. The van der Waals surface area contributed by atoms with Crippen LogP contribution < -0.4 is 4.90 Å². The summed E-state index contributed by atoms with van der Waals surface area (Å²) in [4.78, 5) is 12.7. The molecule has 2 fully saturated rings. The highest BCUT2D eigenvalue weighted by Crippen LogP contribution is 2.29.